The Balaban J connectivity index is 1.97. The maximum atomic E-state index is 13.4. The van der Waals surface area contributed by atoms with Crippen molar-refractivity contribution < 1.29 is 30.8 Å². The highest BCUT2D eigenvalue weighted by molar-refractivity contribution is 7.92. The number of amides is 1. The molecule has 1 amide bonds. The zero-order valence-electron chi connectivity index (χ0n) is 17.0. The highest BCUT2D eigenvalue weighted by Crippen LogP contribution is 2.36. The number of carbonyl (C=O) groups excluding carboxylic acids is 1. The molecule has 0 spiro atoms. The molecule has 11 heteroatoms. The Hall–Kier alpha value is -3.11. The molecule has 33 heavy (non-hydrogen) atoms. The van der Waals surface area contributed by atoms with Crippen molar-refractivity contribution in [3.8, 4) is 0 Å². The van der Waals surface area contributed by atoms with Crippen LogP contribution in [0.5, 0.6) is 0 Å². The topological polar surface area (TPSA) is 66.5 Å². The van der Waals surface area contributed by atoms with Crippen molar-refractivity contribution >= 4 is 38.9 Å². The number of anilines is 2. The summed E-state index contributed by atoms with van der Waals surface area (Å²) >= 11 is 5.64. The molecule has 5 nitrogen and oxygen atoms in total. The van der Waals surface area contributed by atoms with Crippen molar-refractivity contribution in [1.29, 1.82) is 0 Å². The summed E-state index contributed by atoms with van der Waals surface area (Å²) < 4.78 is 80.6. The minimum atomic E-state index is -4.81. The van der Waals surface area contributed by atoms with E-state index in [1.54, 1.807) is 19.1 Å². The van der Waals surface area contributed by atoms with Crippen LogP contribution >= 0.6 is 11.6 Å². The van der Waals surface area contributed by atoms with E-state index in [1.807, 2.05) is 0 Å². The second-order valence-electron chi connectivity index (χ2n) is 7.04. The zero-order valence-corrected chi connectivity index (χ0v) is 18.6. The minimum absolute atomic E-state index is 0.0423. The van der Waals surface area contributed by atoms with Gasteiger partial charge in [-0.3, -0.25) is 9.10 Å². The fourth-order valence-electron chi connectivity index (χ4n) is 2.94. The Morgan fingerprint density at radius 2 is 1.61 bits per heavy atom. The smallest absolute Gasteiger partial charge is 0.324 e. The molecule has 0 aromatic heterocycles. The second kappa shape index (κ2) is 9.40. The molecule has 0 fully saturated rings. The van der Waals surface area contributed by atoms with Crippen LogP contribution in [0.25, 0.3) is 0 Å². The first-order chi connectivity index (χ1) is 15.4. The lowest BCUT2D eigenvalue weighted by Crippen LogP contribution is -2.38. The second-order valence-corrected chi connectivity index (χ2v) is 9.34. The Morgan fingerprint density at radius 3 is 2.18 bits per heavy atom. The van der Waals surface area contributed by atoms with Gasteiger partial charge in [-0.1, -0.05) is 29.3 Å². The van der Waals surface area contributed by atoms with E-state index in [1.165, 1.54) is 12.1 Å². The highest BCUT2D eigenvalue weighted by Gasteiger charge is 2.35. The molecule has 0 aliphatic heterocycles. The third-order valence-corrected chi connectivity index (χ3v) is 6.60. The molecule has 0 heterocycles. The Kier molecular flexibility index (Phi) is 6.99. The van der Waals surface area contributed by atoms with Crippen molar-refractivity contribution in [1.82, 2.24) is 0 Å². The summed E-state index contributed by atoms with van der Waals surface area (Å²) in [6.07, 6.45) is -4.81. The van der Waals surface area contributed by atoms with Gasteiger partial charge in [-0.15, -0.1) is 0 Å². The van der Waals surface area contributed by atoms with Gasteiger partial charge < -0.3 is 5.32 Å². The standard InChI is InChI=1S/C22H17ClF4N2O3S/c1-14-2-9-18(10-3-14)33(31,32)29(17-7-5-16(24)6-8-17)13-21(30)28-20-11-4-15(23)12-19(20)22(25,26)27/h2-12H,13H2,1H3,(H,28,30). The summed E-state index contributed by atoms with van der Waals surface area (Å²) in [5.74, 6) is -1.67. The quantitative estimate of drug-likeness (QED) is 0.445. The number of carbonyl (C=O) groups is 1. The molecule has 0 saturated carbocycles. The Bertz CT molecular complexity index is 1260. The molecule has 3 aromatic carbocycles. The molecule has 0 bridgehead atoms. The van der Waals surface area contributed by atoms with Crippen molar-refractivity contribution in [3.05, 3.63) is 88.7 Å². The number of alkyl halides is 3. The molecule has 0 aliphatic carbocycles. The number of nitrogens with one attached hydrogen (secondary N) is 1. The molecule has 3 aromatic rings. The van der Waals surface area contributed by atoms with E-state index in [0.717, 1.165) is 42.0 Å². The third kappa shape index (κ3) is 5.82. The number of rotatable bonds is 6. The van der Waals surface area contributed by atoms with Gasteiger partial charge in [0.25, 0.3) is 10.0 Å². The average molecular weight is 501 g/mol. The van der Waals surface area contributed by atoms with Gasteiger partial charge in [0.2, 0.25) is 5.91 Å². The molecule has 174 valence electrons. The number of hydrogen-bond acceptors (Lipinski definition) is 3. The normalized spacial score (nSPS) is 11.8. The number of halogens is 5. The van der Waals surface area contributed by atoms with Crippen LogP contribution in [0, 0.1) is 12.7 Å². The van der Waals surface area contributed by atoms with E-state index in [4.69, 9.17) is 11.6 Å². The van der Waals surface area contributed by atoms with Gasteiger partial charge in [0.05, 0.1) is 21.8 Å². The SMILES string of the molecule is Cc1ccc(S(=O)(=O)N(CC(=O)Nc2ccc(Cl)cc2C(F)(F)F)c2ccc(F)cc2)cc1. The first kappa shape index (κ1) is 24.5. The summed E-state index contributed by atoms with van der Waals surface area (Å²) in [4.78, 5) is 12.5. The summed E-state index contributed by atoms with van der Waals surface area (Å²) in [7, 11) is -4.31. The monoisotopic (exact) mass is 500 g/mol. The number of aryl methyl sites for hydroxylation is 1. The molecule has 0 aliphatic rings. The van der Waals surface area contributed by atoms with E-state index in [9.17, 15) is 30.8 Å². The molecule has 3 rings (SSSR count). The highest BCUT2D eigenvalue weighted by atomic mass is 35.5. The minimum Gasteiger partial charge on any atom is -0.324 e. The number of nitrogens with zero attached hydrogens (tertiary/aromatic N) is 1. The van der Waals surface area contributed by atoms with Gasteiger partial charge in [0.1, 0.15) is 12.4 Å². The fourth-order valence-corrected chi connectivity index (χ4v) is 4.53. The van der Waals surface area contributed by atoms with Gasteiger partial charge in [0.15, 0.2) is 0 Å². The van der Waals surface area contributed by atoms with Crippen LogP contribution < -0.4 is 9.62 Å². The lowest BCUT2D eigenvalue weighted by atomic mass is 10.1. The first-order valence-corrected chi connectivity index (χ1v) is 11.2. The molecule has 1 N–H and O–H groups in total. The molecule has 0 atom stereocenters. The largest absolute Gasteiger partial charge is 0.418 e. The zero-order chi connectivity index (χ0) is 24.4. The van der Waals surface area contributed by atoms with Crippen LogP contribution in [0.4, 0.5) is 28.9 Å². The lowest BCUT2D eigenvalue weighted by molar-refractivity contribution is -0.137. The Morgan fingerprint density at radius 1 is 1.00 bits per heavy atom. The van der Waals surface area contributed by atoms with Crippen LogP contribution in [-0.2, 0) is 21.0 Å². The van der Waals surface area contributed by atoms with Gasteiger partial charge in [0, 0.05) is 5.02 Å². The van der Waals surface area contributed by atoms with Crippen LogP contribution in [0.2, 0.25) is 5.02 Å². The molecular formula is C22H17ClF4N2O3S. The van der Waals surface area contributed by atoms with Crippen molar-refractivity contribution in [3.63, 3.8) is 0 Å². The van der Waals surface area contributed by atoms with Crippen molar-refractivity contribution in [2.24, 2.45) is 0 Å². The Labute approximate surface area is 192 Å². The van der Waals surface area contributed by atoms with Gasteiger partial charge in [-0.2, -0.15) is 13.2 Å². The van der Waals surface area contributed by atoms with Crippen LogP contribution in [-0.4, -0.2) is 20.9 Å². The van der Waals surface area contributed by atoms with Crippen molar-refractivity contribution in [2.75, 3.05) is 16.2 Å². The number of hydrogen-bond donors (Lipinski definition) is 1. The van der Waals surface area contributed by atoms with E-state index < -0.39 is 45.7 Å². The predicted octanol–water partition coefficient (Wildman–Crippen LogP) is 5.64. The van der Waals surface area contributed by atoms with Gasteiger partial charge in [-0.05, 0) is 61.5 Å². The molecular weight excluding hydrogens is 484 g/mol. The van der Waals surface area contributed by atoms with Crippen molar-refractivity contribution in [2.45, 2.75) is 18.0 Å². The summed E-state index contributed by atoms with van der Waals surface area (Å²) in [6.45, 7) is 0.897. The van der Waals surface area contributed by atoms with Gasteiger partial charge >= 0.3 is 6.18 Å². The predicted molar refractivity (Wildman–Crippen MR) is 117 cm³/mol. The van der Waals surface area contributed by atoms with E-state index in [2.05, 4.69) is 5.32 Å². The summed E-state index contributed by atoms with van der Waals surface area (Å²) in [6, 6.07) is 12.9. The van der Waals surface area contributed by atoms with Crippen LogP contribution in [0.15, 0.2) is 71.6 Å². The van der Waals surface area contributed by atoms with E-state index >= 15 is 0 Å². The third-order valence-electron chi connectivity index (χ3n) is 4.57. The maximum Gasteiger partial charge on any atom is 0.418 e. The van der Waals surface area contributed by atoms with Crippen LogP contribution in [0.3, 0.4) is 0 Å². The fraction of sp³-hybridized carbons (Fsp3) is 0.136. The first-order valence-electron chi connectivity index (χ1n) is 9.39. The molecule has 0 radical (unpaired) electrons. The number of benzene rings is 3. The summed E-state index contributed by atoms with van der Waals surface area (Å²) in [5, 5.41) is 1.91. The lowest BCUT2D eigenvalue weighted by Gasteiger charge is -2.24. The number of sulfonamides is 1. The van der Waals surface area contributed by atoms with E-state index in [0.29, 0.717) is 10.4 Å². The summed E-state index contributed by atoms with van der Waals surface area (Å²) in [5.41, 5.74) is -1.01. The van der Waals surface area contributed by atoms with E-state index in [-0.39, 0.29) is 15.6 Å². The molecule has 0 unspecified atom stereocenters. The van der Waals surface area contributed by atoms with Crippen LogP contribution in [0.1, 0.15) is 11.1 Å². The maximum absolute atomic E-state index is 13.4. The molecule has 0 saturated heterocycles. The average Bonchev–Trinajstić information content (AvgIpc) is 2.73. The van der Waals surface area contributed by atoms with Gasteiger partial charge in [-0.25, -0.2) is 12.8 Å².